The monoisotopic (exact) mass is 473 g/mol. The summed E-state index contributed by atoms with van der Waals surface area (Å²) in [6.45, 7) is 2.44. The highest BCUT2D eigenvalue weighted by Gasteiger charge is 2.24. The number of piperidine rings is 1. The third kappa shape index (κ3) is 5.93. The fourth-order valence-electron chi connectivity index (χ4n) is 3.60. The number of nitrogens with zero attached hydrogens (tertiary/aromatic N) is 3. The van der Waals surface area contributed by atoms with Crippen molar-refractivity contribution in [1.29, 1.82) is 0 Å². The molecule has 1 aromatic heterocycles. The van der Waals surface area contributed by atoms with E-state index in [2.05, 4.69) is 20.6 Å². The van der Waals surface area contributed by atoms with E-state index in [1.807, 2.05) is 11.9 Å². The Bertz CT molecular complexity index is 949. The first kappa shape index (κ1) is 24.3. The molecule has 2 aromatic rings. The van der Waals surface area contributed by atoms with Gasteiger partial charge >= 0.3 is 0 Å². The number of carbonyl (C=O) groups is 1. The van der Waals surface area contributed by atoms with Crippen LogP contribution in [-0.2, 0) is 24.4 Å². The van der Waals surface area contributed by atoms with E-state index in [-0.39, 0.29) is 23.3 Å². The lowest BCUT2D eigenvalue weighted by Crippen LogP contribution is -2.38. The van der Waals surface area contributed by atoms with Crippen molar-refractivity contribution in [3.63, 3.8) is 0 Å². The number of benzene rings is 1. The number of fused-ring (bicyclic) bond motifs is 1. The molecule has 2 N–H and O–H groups in total. The number of hydrogen-bond acceptors (Lipinski definition) is 6. The van der Waals surface area contributed by atoms with Gasteiger partial charge in [0, 0.05) is 43.2 Å². The van der Waals surface area contributed by atoms with E-state index in [1.165, 1.54) is 12.1 Å². The molecule has 0 radical (unpaired) electrons. The molecular formula is C21H24ClF4N5O. The maximum absolute atomic E-state index is 14.1. The Hall–Kier alpha value is -2.30. The van der Waals surface area contributed by atoms with Crippen LogP contribution >= 0.6 is 11.6 Å². The number of carbonyl (C=O) groups excluding carboxylic acids is 1. The molecule has 4 rings (SSSR count). The van der Waals surface area contributed by atoms with Gasteiger partial charge in [0.15, 0.2) is 0 Å². The zero-order chi connectivity index (χ0) is 23.3. The van der Waals surface area contributed by atoms with E-state index in [9.17, 15) is 22.4 Å². The number of aldehydes is 1. The minimum absolute atomic E-state index is 0.0376. The molecule has 2 aliphatic heterocycles. The Morgan fingerprint density at radius 1 is 1.34 bits per heavy atom. The maximum atomic E-state index is 14.1. The van der Waals surface area contributed by atoms with Gasteiger partial charge in [0.25, 0.3) is 6.43 Å². The van der Waals surface area contributed by atoms with Crippen molar-refractivity contribution in [3.8, 4) is 0 Å². The molecule has 2 aliphatic rings. The molecule has 174 valence electrons. The standard InChI is InChI=1S/C15H14ClF3N4.C6H10FNO/c1-23-6-10-11(7-23)21-15(16)22-14(10)20-5-8-3-2-4-9(12(8)17)13(18)19;7-6-3-8-2-1-5(6)4-9/h2-4,13H,5-7H2,1H3,(H,20,21,22);4-6,8H,1-3H2. The predicted octanol–water partition coefficient (Wildman–Crippen LogP) is 3.90. The third-order valence-corrected chi connectivity index (χ3v) is 5.51. The molecule has 11 heteroatoms. The van der Waals surface area contributed by atoms with Crippen LogP contribution in [0.15, 0.2) is 18.2 Å². The molecule has 32 heavy (non-hydrogen) atoms. The van der Waals surface area contributed by atoms with Gasteiger partial charge in [-0.25, -0.2) is 27.5 Å². The number of aromatic nitrogens is 2. The highest BCUT2D eigenvalue weighted by Crippen LogP contribution is 2.28. The number of rotatable bonds is 5. The Labute approximate surface area is 188 Å². The van der Waals surface area contributed by atoms with E-state index in [0.29, 0.717) is 38.2 Å². The van der Waals surface area contributed by atoms with E-state index in [0.717, 1.165) is 23.9 Å². The zero-order valence-electron chi connectivity index (χ0n) is 17.4. The van der Waals surface area contributed by atoms with Crippen LogP contribution in [0.2, 0.25) is 5.28 Å². The second kappa shape index (κ2) is 11.0. The second-order valence-corrected chi connectivity index (χ2v) is 8.06. The minimum Gasteiger partial charge on any atom is -0.365 e. The quantitative estimate of drug-likeness (QED) is 0.390. The van der Waals surface area contributed by atoms with Gasteiger partial charge in [-0.1, -0.05) is 18.2 Å². The molecule has 1 saturated heterocycles. The Kier molecular flexibility index (Phi) is 8.38. The van der Waals surface area contributed by atoms with Crippen LogP contribution in [-0.4, -0.2) is 47.5 Å². The van der Waals surface area contributed by atoms with Crippen molar-refractivity contribution in [2.75, 3.05) is 25.5 Å². The number of anilines is 1. The summed E-state index contributed by atoms with van der Waals surface area (Å²) in [5, 5.41) is 5.95. The van der Waals surface area contributed by atoms with Crippen LogP contribution in [0.3, 0.4) is 0 Å². The fourth-order valence-corrected chi connectivity index (χ4v) is 3.79. The molecule has 6 nitrogen and oxygen atoms in total. The van der Waals surface area contributed by atoms with Gasteiger partial charge < -0.3 is 15.4 Å². The third-order valence-electron chi connectivity index (χ3n) is 5.34. The molecule has 0 aliphatic carbocycles. The molecule has 0 bridgehead atoms. The average molecular weight is 474 g/mol. The van der Waals surface area contributed by atoms with Crippen molar-refractivity contribution >= 4 is 23.7 Å². The molecule has 0 saturated carbocycles. The SMILES string of the molecule is CN1Cc2nc(Cl)nc(NCc3cccc(C(F)F)c3F)c2C1.O=CC1CCNCC1F. The van der Waals surface area contributed by atoms with Gasteiger partial charge in [-0.05, 0) is 31.6 Å². The normalized spacial score (nSPS) is 20.5. The van der Waals surface area contributed by atoms with Crippen molar-refractivity contribution in [3.05, 3.63) is 51.7 Å². The molecular weight excluding hydrogens is 450 g/mol. The summed E-state index contributed by atoms with van der Waals surface area (Å²) in [6, 6.07) is 3.95. The predicted molar refractivity (Wildman–Crippen MR) is 113 cm³/mol. The molecule has 1 fully saturated rings. The minimum atomic E-state index is -2.85. The van der Waals surface area contributed by atoms with Gasteiger partial charge in [-0.15, -0.1) is 0 Å². The first-order chi connectivity index (χ1) is 15.3. The molecule has 0 spiro atoms. The van der Waals surface area contributed by atoms with Crippen molar-refractivity contribution in [1.82, 2.24) is 20.2 Å². The summed E-state index contributed by atoms with van der Waals surface area (Å²) in [5.74, 6) is -0.749. The Morgan fingerprint density at radius 2 is 2.12 bits per heavy atom. The highest BCUT2D eigenvalue weighted by atomic mass is 35.5. The first-order valence-electron chi connectivity index (χ1n) is 10.1. The lowest BCUT2D eigenvalue weighted by atomic mass is 9.98. The van der Waals surface area contributed by atoms with Crippen LogP contribution in [0, 0.1) is 11.7 Å². The number of alkyl halides is 3. The van der Waals surface area contributed by atoms with E-state index < -0.39 is 24.0 Å². The van der Waals surface area contributed by atoms with Gasteiger partial charge in [0.1, 0.15) is 24.1 Å². The number of nitrogens with one attached hydrogen (secondary N) is 2. The summed E-state index contributed by atoms with van der Waals surface area (Å²) < 4.78 is 52.1. The average Bonchev–Trinajstić information content (AvgIpc) is 3.13. The smallest absolute Gasteiger partial charge is 0.266 e. The largest absolute Gasteiger partial charge is 0.365 e. The van der Waals surface area contributed by atoms with Gasteiger partial charge in [-0.2, -0.15) is 0 Å². The molecule has 2 unspecified atom stereocenters. The van der Waals surface area contributed by atoms with Gasteiger partial charge in [0.05, 0.1) is 11.3 Å². The van der Waals surface area contributed by atoms with Crippen LogP contribution in [0.1, 0.15) is 35.2 Å². The first-order valence-corrected chi connectivity index (χ1v) is 10.5. The second-order valence-electron chi connectivity index (χ2n) is 7.72. The van der Waals surface area contributed by atoms with Gasteiger partial charge in [-0.3, -0.25) is 4.90 Å². The lowest BCUT2D eigenvalue weighted by molar-refractivity contribution is -0.113. The van der Waals surface area contributed by atoms with Crippen LogP contribution in [0.4, 0.5) is 23.4 Å². The molecule has 3 heterocycles. The zero-order valence-corrected chi connectivity index (χ0v) is 18.2. The van der Waals surface area contributed by atoms with E-state index in [4.69, 9.17) is 11.6 Å². The maximum Gasteiger partial charge on any atom is 0.266 e. The fraction of sp³-hybridized carbons (Fsp3) is 0.476. The summed E-state index contributed by atoms with van der Waals surface area (Å²) >= 11 is 5.90. The molecule has 0 amide bonds. The molecule has 2 atom stereocenters. The summed E-state index contributed by atoms with van der Waals surface area (Å²) in [6.07, 6.45) is -2.45. The van der Waals surface area contributed by atoms with Crippen LogP contribution < -0.4 is 10.6 Å². The van der Waals surface area contributed by atoms with Gasteiger partial charge in [0.2, 0.25) is 5.28 Å². The highest BCUT2D eigenvalue weighted by molar-refractivity contribution is 6.28. The Balaban J connectivity index is 0.000000269. The topological polar surface area (TPSA) is 70.2 Å². The summed E-state index contributed by atoms with van der Waals surface area (Å²) in [5.41, 5.74) is 1.26. The van der Waals surface area contributed by atoms with Crippen molar-refractivity contribution in [2.45, 2.75) is 38.7 Å². The van der Waals surface area contributed by atoms with Crippen LogP contribution in [0.25, 0.3) is 0 Å². The lowest BCUT2D eigenvalue weighted by Gasteiger charge is -2.21. The summed E-state index contributed by atoms with van der Waals surface area (Å²) in [4.78, 5) is 20.4. The van der Waals surface area contributed by atoms with Crippen molar-refractivity contribution < 1.29 is 22.4 Å². The Morgan fingerprint density at radius 3 is 2.78 bits per heavy atom. The number of halogens is 5. The number of hydrogen-bond donors (Lipinski definition) is 2. The summed E-state index contributed by atoms with van der Waals surface area (Å²) in [7, 11) is 1.94. The van der Waals surface area contributed by atoms with Crippen molar-refractivity contribution in [2.24, 2.45) is 5.92 Å². The van der Waals surface area contributed by atoms with Crippen LogP contribution in [0.5, 0.6) is 0 Å². The molecule has 1 aromatic carbocycles. The van der Waals surface area contributed by atoms with E-state index >= 15 is 0 Å². The van der Waals surface area contributed by atoms with E-state index in [1.54, 1.807) is 0 Å².